The average molecular weight is 468 g/mol. The summed E-state index contributed by atoms with van der Waals surface area (Å²) in [5, 5.41) is 2.36. The number of likely N-dealkylation sites (tertiary alicyclic amines) is 1. The van der Waals surface area contributed by atoms with Gasteiger partial charge in [0.1, 0.15) is 6.04 Å². The van der Waals surface area contributed by atoms with E-state index in [1.165, 1.54) is 4.57 Å². The van der Waals surface area contributed by atoms with Crippen molar-refractivity contribution in [3.63, 3.8) is 0 Å². The molecule has 5 rings (SSSR count). The fourth-order valence-electron chi connectivity index (χ4n) is 6.06. The van der Waals surface area contributed by atoms with E-state index in [1.807, 2.05) is 17.0 Å². The number of imide groups is 1. The van der Waals surface area contributed by atoms with Gasteiger partial charge in [-0.3, -0.25) is 28.8 Å². The number of rotatable bonds is 3. The Labute approximate surface area is 198 Å². The molecule has 1 saturated carbocycles. The van der Waals surface area contributed by atoms with Crippen molar-refractivity contribution in [3.8, 4) is 0 Å². The molecule has 34 heavy (non-hydrogen) atoms. The normalized spacial score (nSPS) is 26.6. The highest BCUT2D eigenvalue weighted by Crippen LogP contribution is 2.35. The van der Waals surface area contributed by atoms with Crippen molar-refractivity contribution in [2.24, 2.45) is 18.7 Å². The summed E-state index contributed by atoms with van der Waals surface area (Å²) in [4.78, 5) is 52.3. The zero-order valence-corrected chi connectivity index (χ0v) is 19.7. The summed E-state index contributed by atoms with van der Waals surface area (Å²) in [5.41, 5.74) is 8.39. The highest BCUT2D eigenvalue weighted by Gasteiger charge is 2.34. The van der Waals surface area contributed by atoms with E-state index in [2.05, 4.69) is 11.4 Å². The van der Waals surface area contributed by atoms with E-state index in [0.717, 1.165) is 55.1 Å². The lowest BCUT2D eigenvalue weighted by molar-refractivity contribution is -0.138. The second-order valence-electron chi connectivity index (χ2n) is 10.1. The van der Waals surface area contributed by atoms with Gasteiger partial charge in [0.2, 0.25) is 17.7 Å². The molecule has 2 saturated heterocycles. The van der Waals surface area contributed by atoms with Crippen molar-refractivity contribution in [1.82, 2.24) is 19.4 Å². The maximum absolute atomic E-state index is 13.2. The molecule has 3 fully saturated rings. The number of para-hydroxylation sites is 1. The summed E-state index contributed by atoms with van der Waals surface area (Å²) in [6.07, 6.45) is 5.84. The number of hydrogen-bond acceptors (Lipinski definition) is 5. The number of amides is 3. The minimum atomic E-state index is -0.688. The van der Waals surface area contributed by atoms with Crippen LogP contribution in [0.25, 0.3) is 11.0 Å². The van der Waals surface area contributed by atoms with Crippen LogP contribution in [0.15, 0.2) is 23.0 Å². The Morgan fingerprint density at radius 2 is 1.71 bits per heavy atom. The fraction of sp³-hybridized carbons (Fsp3) is 0.600. The van der Waals surface area contributed by atoms with Gasteiger partial charge < -0.3 is 10.6 Å². The molecular weight excluding hydrogens is 434 g/mol. The first-order valence-corrected chi connectivity index (χ1v) is 12.4. The Hall–Kier alpha value is -2.94. The Bertz CT molecular complexity index is 1180. The number of nitrogens with one attached hydrogen (secondary N) is 1. The standard InChI is InChI=1S/C25H33N5O4/c1-28-22-18(15-11-13-29(14-12-15)24(33)16-5-7-17(26)8-6-16)3-2-4-19(22)30(25(28)34)20-9-10-21(31)27-23(20)32/h2-4,15-17,20H,5-14,26H2,1H3,(H,27,31,32). The molecule has 9 nitrogen and oxygen atoms in total. The van der Waals surface area contributed by atoms with Crippen molar-refractivity contribution in [2.75, 3.05) is 13.1 Å². The van der Waals surface area contributed by atoms with E-state index in [1.54, 1.807) is 11.6 Å². The molecule has 3 amide bonds. The number of hydrogen-bond donors (Lipinski definition) is 2. The van der Waals surface area contributed by atoms with Gasteiger partial charge in [0.05, 0.1) is 11.0 Å². The van der Waals surface area contributed by atoms with E-state index in [0.29, 0.717) is 19.5 Å². The number of aromatic nitrogens is 2. The number of carbonyl (C=O) groups is 3. The molecule has 182 valence electrons. The molecule has 1 unspecified atom stereocenters. The summed E-state index contributed by atoms with van der Waals surface area (Å²) < 4.78 is 3.16. The van der Waals surface area contributed by atoms with Crippen LogP contribution in [-0.4, -0.2) is 50.9 Å². The van der Waals surface area contributed by atoms with Crippen LogP contribution in [-0.2, 0) is 21.4 Å². The molecule has 3 aliphatic rings. The van der Waals surface area contributed by atoms with Crippen LogP contribution < -0.4 is 16.7 Å². The molecule has 1 atom stereocenters. The number of nitrogens with two attached hydrogens (primary N) is 1. The highest BCUT2D eigenvalue weighted by atomic mass is 16.2. The maximum Gasteiger partial charge on any atom is 0.329 e. The van der Waals surface area contributed by atoms with Crippen LogP contribution in [0.4, 0.5) is 0 Å². The zero-order valence-electron chi connectivity index (χ0n) is 19.7. The summed E-state index contributed by atoms with van der Waals surface area (Å²) >= 11 is 0. The SMILES string of the molecule is Cn1c(=O)n(C2CCC(=O)NC2=O)c2cccc(C3CCN(C(=O)C4CCC(N)CC4)CC3)c21. The number of imidazole rings is 1. The van der Waals surface area contributed by atoms with E-state index in [-0.39, 0.29) is 41.8 Å². The fourth-order valence-corrected chi connectivity index (χ4v) is 6.06. The first-order chi connectivity index (χ1) is 16.3. The van der Waals surface area contributed by atoms with Gasteiger partial charge in [0, 0.05) is 38.5 Å². The topological polar surface area (TPSA) is 119 Å². The Morgan fingerprint density at radius 3 is 2.38 bits per heavy atom. The Morgan fingerprint density at radius 1 is 1.00 bits per heavy atom. The third-order valence-corrected chi connectivity index (χ3v) is 8.02. The Balaban J connectivity index is 1.37. The third-order valence-electron chi connectivity index (χ3n) is 8.02. The van der Waals surface area contributed by atoms with Gasteiger partial charge in [-0.05, 0) is 62.5 Å². The molecule has 0 radical (unpaired) electrons. The molecule has 1 aromatic carbocycles. The molecule has 1 aliphatic carbocycles. The van der Waals surface area contributed by atoms with Crippen molar-refractivity contribution in [3.05, 3.63) is 34.2 Å². The summed E-state index contributed by atoms with van der Waals surface area (Å²) in [6, 6.07) is 5.40. The molecule has 3 heterocycles. The second-order valence-corrected chi connectivity index (χ2v) is 10.1. The molecule has 3 N–H and O–H groups in total. The van der Waals surface area contributed by atoms with E-state index >= 15 is 0 Å². The van der Waals surface area contributed by atoms with E-state index < -0.39 is 11.9 Å². The van der Waals surface area contributed by atoms with Crippen LogP contribution in [0.5, 0.6) is 0 Å². The quantitative estimate of drug-likeness (QED) is 0.664. The number of fused-ring (bicyclic) bond motifs is 1. The molecule has 1 aromatic heterocycles. The van der Waals surface area contributed by atoms with Crippen molar-refractivity contribution >= 4 is 28.8 Å². The van der Waals surface area contributed by atoms with Gasteiger partial charge >= 0.3 is 5.69 Å². The first kappa shape index (κ1) is 22.8. The van der Waals surface area contributed by atoms with Gasteiger partial charge in [0.25, 0.3) is 0 Å². The summed E-state index contributed by atoms with van der Waals surface area (Å²) in [5.74, 6) is -0.127. The van der Waals surface area contributed by atoms with Crippen molar-refractivity contribution in [2.45, 2.75) is 69.4 Å². The van der Waals surface area contributed by atoms with Crippen LogP contribution >= 0.6 is 0 Å². The molecule has 2 aromatic rings. The molecule has 0 bridgehead atoms. The van der Waals surface area contributed by atoms with Crippen LogP contribution in [0, 0.1) is 5.92 Å². The number of piperidine rings is 2. The molecular formula is C25H33N5O4. The minimum Gasteiger partial charge on any atom is -0.342 e. The minimum absolute atomic E-state index is 0.100. The Kier molecular flexibility index (Phi) is 6.06. The predicted octanol–water partition coefficient (Wildman–Crippen LogP) is 1.54. The van der Waals surface area contributed by atoms with Gasteiger partial charge in [-0.25, -0.2) is 4.79 Å². The van der Waals surface area contributed by atoms with E-state index in [4.69, 9.17) is 5.73 Å². The van der Waals surface area contributed by atoms with Gasteiger partial charge in [0.15, 0.2) is 0 Å². The first-order valence-electron chi connectivity index (χ1n) is 12.4. The predicted molar refractivity (Wildman–Crippen MR) is 127 cm³/mol. The van der Waals surface area contributed by atoms with Gasteiger partial charge in [-0.2, -0.15) is 0 Å². The molecule has 9 heteroatoms. The third kappa shape index (κ3) is 3.96. The lowest BCUT2D eigenvalue weighted by Crippen LogP contribution is -2.44. The highest BCUT2D eigenvalue weighted by molar-refractivity contribution is 6.00. The number of nitrogens with zero attached hydrogens (tertiary/aromatic N) is 3. The summed E-state index contributed by atoms with van der Waals surface area (Å²) in [6.45, 7) is 1.43. The van der Waals surface area contributed by atoms with Crippen molar-refractivity contribution < 1.29 is 14.4 Å². The van der Waals surface area contributed by atoms with Crippen LogP contribution in [0.3, 0.4) is 0 Å². The molecule has 2 aliphatic heterocycles. The maximum atomic E-state index is 13.2. The van der Waals surface area contributed by atoms with Crippen LogP contribution in [0.1, 0.15) is 68.9 Å². The number of benzene rings is 1. The second kappa shape index (κ2) is 9.02. The average Bonchev–Trinajstić information content (AvgIpc) is 3.09. The largest absolute Gasteiger partial charge is 0.342 e. The smallest absolute Gasteiger partial charge is 0.329 e. The van der Waals surface area contributed by atoms with Gasteiger partial charge in [-0.1, -0.05) is 12.1 Å². The van der Waals surface area contributed by atoms with Crippen LogP contribution in [0.2, 0.25) is 0 Å². The van der Waals surface area contributed by atoms with Crippen molar-refractivity contribution in [1.29, 1.82) is 0 Å². The molecule has 0 spiro atoms. The van der Waals surface area contributed by atoms with E-state index in [9.17, 15) is 19.2 Å². The number of aryl methyl sites for hydroxylation is 1. The zero-order chi connectivity index (χ0) is 24.0. The summed E-state index contributed by atoms with van der Waals surface area (Å²) in [7, 11) is 1.74. The lowest BCUT2D eigenvalue weighted by Gasteiger charge is -2.36. The van der Waals surface area contributed by atoms with Gasteiger partial charge in [-0.15, -0.1) is 0 Å². The number of carbonyl (C=O) groups excluding carboxylic acids is 3. The monoisotopic (exact) mass is 467 g/mol. The lowest BCUT2D eigenvalue weighted by atomic mass is 9.84.